The number of aliphatic hydroxyl groups is 1. The normalized spacial score (nSPS) is 18.2. The Labute approximate surface area is 497 Å². The summed E-state index contributed by atoms with van der Waals surface area (Å²) in [6, 6.07) is 13.9. The lowest BCUT2D eigenvalue weighted by atomic mass is 9.85. The van der Waals surface area contributed by atoms with Crippen LogP contribution in [0.3, 0.4) is 0 Å². The number of fused-ring (bicyclic) bond motifs is 1. The molecule has 6 heterocycles. The van der Waals surface area contributed by atoms with Gasteiger partial charge in [0.05, 0.1) is 63.7 Å². The van der Waals surface area contributed by atoms with Gasteiger partial charge in [0.1, 0.15) is 47.9 Å². The Morgan fingerprint density at radius 3 is 2.28 bits per heavy atom. The van der Waals surface area contributed by atoms with E-state index in [1.54, 1.807) is 62.2 Å². The van der Waals surface area contributed by atoms with Gasteiger partial charge in [-0.05, 0) is 85.9 Å². The molecule has 5 atom stereocenters. The predicted molar refractivity (Wildman–Crippen MR) is 313 cm³/mol. The molecule has 7 aromatic rings. The van der Waals surface area contributed by atoms with Crippen molar-refractivity contribution in [2.24, 2.45) is 12.5 Å². The number of nitrogens with one attached hydrogen (secondary N) is 3. The highest BCUT2D eigenvalue weighted by Crippen LogP contribution is 2.43. The Morgan fingerprint density at radius 1 is 0.942 bits per heavy atom. The Hall–Kier alpha value is -8.01. The monoisotopic (exact) mass is 1230 g/mol. The highest BCUT2D eigenvalue weighted by atomic mass is 32.2. The molecule has 3 fully saturated rings. The van der Waals surface area contributed by atoms with Gasteiger partial charge in [-0.25, -0.2) is 27.2 Å². The number of hydrogen-bond donors (Lipinski definition) is 5. The molecule has 1 unspecified atom stereocenters. The second kappa shape index (κ2) is 24.4. The molecule has 2 saturated heterocycles. The molecule has 4 aromatic heterocycles. The number of halogens is 4. The van der Waals surface area contributed by atoms with Gasteiger partial charge >= 0.3 is 5.76 Å². The number of nitrogen functional groups attached to an aromatic ring is 1. The number of nitrogens with zero attached hydrogens (tertiary/aromatic N) is 8. The van der Waals surface area contributed by atoms with E-state index in [-0.39, 0.29) is 68.2 Å². The van der Waals surface area contributed by atoms with E-state index in [1.165, 1.54) is 58.7 Å². The number of anilines is 2. The van der Waals surface area contributed by atoms with Crippen LogP contribution in [0, 0.1) is 18.2 Å². The molecule has 4 amide bonds. The molecule has 456 valence electrons. The average Bonchev–Trinajstić information content (AvgIpc) is 1.89. The number of likely N-dealkylation sites (tertiary alicyclic amines) is 2. The van der Waals surface area contributed by atoms with E-state index in [1.807, 2.05) is 46.8 Å². The second-order valence-corrected chi connectivity index (χ2v) is 25.6. The first-order chi connectivity index (χ1) is 40.8. The minimum absolute atomic E-state index is 0.0541. The maximum atomic E-state index is 14.8. The van der Waals surface area contributed by atoms with Gasteiger partial charge in [-0.3, -0.25) is 33.3 Å². The third-order valence-corrected chi connectivity index (χ3v) is 17.8. The summed E-state index contributed by atoms with van der Waals surface area (Å²) in [4.78, 5) is 68.0. The number of hydrogen-bond acceptors (Lipinski definition) is 15. The van der Waals surface area contributed by atoms with Gasteiger partial charge in [-0.1, -0.05) is 63.2 Å². The van der Waals surface area contributed by atoms with Crippen LogP contribution in [0.15, 0.2) is 90.8 Å². The Morgan fingerprint density at radius 2 is 1.63 bits per heavy atom. The fourth-order valence-electron chi connectivity index (χ4n) is 10.9. The van der Waals surface area contributed by atoms with Crippen molar-refractivity contribution in [3.63, 3.8) is 0 Å². The number of rotatable bonds is 20. The van der Waals surface area contributed by atoms with Gasteiger partial charge in [-0.2, -0.15) is 19.0 Å². The van der Waals surface area contributed by atoms with Crippen LogP contribution in [0.25, 0.3) is 43.7 Å². The summed E-state index contributed by atoms with van der Waals surface area (Å²) in [7, 11) is -3.40. The zero-order valence-corrected chi connectivity index (χ0v) is 49.6. The number of aliphatic hydroxyl groups excluding tert-OH is 1. The molecule has 0 radical (unpaired) electrons. The number of carbonyl (C=O) groups excluding carboxylic acids is 4. The van der Waals surface area contributed by atoms with Crippen LogP contribution in [0.1, 0.15) is 94.8 Å². The zero-order valence-electron chi connectivity index (χ0n) is 48.0. The topological polar surface area (TPSA) is 271 Å². The van der Waals surface area contributed by atoms with E-state index in [9.17, 15) is 50.3 Å². The lowest BCUT2D eigenvalue weighted by Crippen LogP contribution is -2.59. The molecule has 86 heavy (non-hydrogen) atoms. The van der Waals surface area contributed by atoms with Crippen LogP contribution >= 0.6 is 11.3 Å². The molecule has 6 N–H and O–H groups in total. The van der Waals surface area contributed by atoms with Crippen molar-refractivity contribution < 1.29 is 59.7 Å². The van der Waals surface area contributed by atoms with Crippen molar-refractivity contribution in [3.05, 3.63) is 113 Å². The van der Waals surface area contributed by atoms with E-state index >= 15 is 0 Å². The van der Waals surface area contributed by atoms with Crippen LogP contribution in [0.4, 0.5) is 29.1 Å². The maximum Gasteiger partial charge on any atom is 0.355 e. The molecule has 3 aliphatic rings. The number of aromatic nitrogens is 6. The van der Waals surface area contributed by atoms with E-state index in [4.69, 9.17) is 25.4 Å². The Bertz CT molecular complexity index is 3790. The number of pyridine rings is 1. The fraction of sp³-hybridized carbons (Fsp3) is 0.424. The SMILES string of the molecule is Cc1ncsc1-c1ccc(C(COCC(=O)N2CCC(n3cc(-c4cnc(N)c5c(-c6ccc(NS(=O)(=O)C(F)F)c(O[C@@H](C)c7ccc(F)cc7)c6)nn(C)c45)cn3)CC2)NC(=O)[C@@H]2C[C@@H](O)CN2C(=O)[C@@H](NC(=O)C2(F)CC2)C(C)(C)C)cc1. The third kappa shape index (κ3) is 13.0. The molecule has 21 nitrogen and oxygen atoms in total. The number of thiazole rings is 1. The molecular weight excluding hydrogens is 1160 g/mol. The minimum atomic E-state index is -5.11. The van der Waals surface area contributed by atoms with E-state index in [2.05, 4.69) is 20.6 Å². The number of β-amino-alcohol motifs (C(OH)–C–C–N with tert-alkyl or cyclic N) is 1. The summed E-state index contributed by atoms with van der Waals surface area (Å²) in [5, 5.41) is 26.4. The first-order valence-electron chi connectivity index (χ1n) is 27.9. The van der Waals surface area contributed by atoms with Crippen molar-refractivity contribution in [3.8, 4) is 38.6 Å². The molecule has 1 aliphatic carbocycles. The van der Waals surface area contributed by atoms with Gasteiger partial charge in [0.25, 0.3) is 15.9 Å². The summed E-state index contributed by atoms with van der Waals surface area (Å²) >= 11 is 1.49. The average molecular weight is 1230 g/mol. The van der Waals surface area contributed by atoms with Crippen molar-refractivity contribution in [2.75, 3.05) is 43.3 Å². The number of sulfonamides is 1. The van der Waals surface area contributed by atoms with E-state index in [0.29, 0.717) is 70.3 Å². The second-order valence-electron chi connectivity index (χ2n) is 23.1. The molecule has 3 aromatic carbocycles. The number of nitrogens with two attached hydrogens (primary N) is 1. The number of amides is 4. The first-order valence-corrected chi connectivity index (χ1v) is 30.4. The van der Waals surface area contributed by atoms with Crippen LogP contribution in [0.2, 0.25) is 0 Å². The fourth-order valence-corrected chi connectivity index (χ4v) is 12.2. The van der Waals surface area contributed by atoms with Crippen LogP contribution < -0.4 is 25.8 Å². The minimum Gasteiger partial charge on any atom is -0.484 e. The van der Waals surface area contributed by atoms with E-state index < -0.39 is 80.7 Å². The van der Waals surface area contributed by atoms with Gasteiger partial charge in [-0.15, -0.1) is 11.3 Å². The van der Waals surface area contributed by atoms with Gasteiger partial charge in [0.2, 0.25) is 17.7 Å². The predicted octanol–water partition coefficient (Wildman–Crippen LogP) is 7.79. The number of piperidine rings is 1. The highest BCUT2D eigenvalue weighted by molar-refractivity contribution is 7.93. The number of ether oxygens (including phenoxy) is 2. The van der Waals surface area contributed by atoms with Gasteiger partial charge < -0.3 is 40.7 Å². The molecule has 27 heteroatoms. The molecular formula is C59H66F4N12O9S2. The number of carbonyl (C=O) groups is 4. The number of aryl methyl sites for hydroxylation is 2. The van der Waals surface area contributed by atoms with Gasteiger partial charge in [0.15, 0.2) is 5.67 Å². The third-order valence-electron chi connectivity index (χ3n) is 15.9. The zero-order chi connectivity index (χ0) is 61.6. The lowest BCUT2D eigenvalue weighted by Gasteiger charge is -2.36. The van der Waals surface area contributed by atoms with Crippen LogP contribution in [0.5, 0.6) is 5.75 Å². The highest BCUT2D eigenvalue weighted by Gasteiger charge is 2.53. The van der Waals surface area contributed by atoms with E-state index in [0.717, 1.165) is 16.1 Å². The Kier molecular flexibility index (Phi) is 17.3. The molecule has 0 spiro atoms. The Balaban J connectivity index is 0.808. The first kappa shape index (κ1) is 61.1. The smallest absolute Gasteiger partial charge is 0.355 e. The lowest BCUT2D eigenvalue weighted by molar-refractivity contribution is -0.145. The summed E-state index contributed by atoms with van der Waals surface area (Å²) in [5.41, 5.74) is 10.7. The summed E-state index contributed by atoms with van der Waals surface area (Å²) in [6.45, 7) is 8.85. The molecule has 1 saturated carbocycles. The summed E-state index contributed by atoms with van der Waals surface area (Å²) in [6.07, 6.45) is 4.44. The van der Waals surface area contributed by atoms with Crippen molar-refractivity contribution in [2.45, 2.75) is 115 Å². The standard InChI is InChI=1S/C59H66F4N12O9S2/c1-32-51(85-31-66-32)36-9-7-35(8-10-36)44(68-54(78)45-24-41(76)28-74(45)55(79)52(58(3,4)5)69-56(80)59(63)19-20-59)29-83-30-47(77)73-21-17-40(18-22-73)75-27-38(25-67-75)42-26-65-53(64)48-49(70-72(6)50(42)48)37-13-16-43(71-86(81,82)57(61)62)46(23-37)84-33(2)34-11-14-39(60)15-12-34/h7-16,23,25-27,31,33,40-41,44-45,52,57,71,76H,17-22,24,28-30H2,1-6H3,(H2,64,65)(H,68,78)(H,69,80)/t33-,41+,44?,45-,52+/m0/s1. The number of benzene rings is 3. The maximum absolute atomic E-state index is 14.8. The summed E-state index contributed by atoms with van der Waals surface area (Å²) in [5.74, 6) is -6.58. The molecule has 2 aliphatic heterocycles. The molecule has 0 bridgehead atoms. The van der Waals surface area contributed by atoms with Crippen molar-refractivity contribution in [1.29, 1.82) is 0 Å². The van der Waals surface area contributed by atoms with Crippen molar-refractivity contribution >= 4 is 67.4 Å². The number of alkyl halides is 3. The largest absolute Gasteiger partial charge is 0.484 e. The summed E-state index contributed by atoms with van der Waals surface area (Å²) < 4.78 is 98.0. The van der Waals surface area contributed by atoms with Crippen LogP contribution in [-0.2, 0) is 41.0 Å². The van der Waals surface area contributed by atoms with Gasteiger partial charge in [0, 0.05) is 62.2 Å². The van der Waals surface area contributed by atoms with Crippen LogP contribution in [-0.4, -0.2) is 139 Å². The molecule has 10 rings (SSSR count). The van der Waals surface area contributed by atoms with Crippen molar-refractivity contribution in [1.82, 2.24) is 50.0 Å². The quantitative estimate of drug-likeness (QED) is 0.0456.